The molecule has 3 aliphatic rings. The van der Waals surface area contributed by atoms with Crippen LogP contribution in [0.1, 0.15) is 47.0 Å². The summed E-state index contributed by atoms with van der Waals surface area (Å²) in [6.45, 7) is 2.95. The standard InChI is InChI=1S/C21H25N3OS/c25-21(20-10-22-14-26-20)23-11-15-9-17(13-23)19-8-4-7-18(24(19)12-15)16-5-2-1-3-6-16/h1-3,5-6,10,14-15,17-19H,4,7-9,11-13H2/t15-,17+,18+,19-/m0/s1. The molecule has 0 radical (unpaired) electrons. The van der Waals surface area contributed by atoms with Gasteiger partial charge in [-0.1, -0.05) is 30.3 Å². The molecule has 1 aromatic carbocycles. The number of amides is 1. The first-order chi connectivity index (χ1) is 12.8. The van der Waals surface area contributed by atoms with E-state index < -0.39 is 0 Å². The van der Waals surface area contributed by atoms with Gasteiger partial charge < -0.3 is 4.90 Å². The molecule has 3 saturated heterocycles. The van der Waals surface area contributed by atoms with Crippen molar-refractivity contribution in [3.63, 3.8) is 0 Å². The van der Waals surface area contributed by atoms with Crippen molar-refractivity contribution >= 4 is 17.2 Å². The third-order valence-electron chi connectivity index (χ3n) is 6.50. The molecule has 136 valence electrons. The van der Waals surface area contributed by atoms with Crippen LogP contribution in [0.4, 0.5) is 0 Å². The lowest BCUT2D eigenvalue weighted by Crippen LogP contribution is -2.60. The zero-order valence-electron chi connectivity index (χ0n) is 15.0. The van der Waals surface area contributed by atoms with E-state index in [1.807, 2.05) is 0 Å². The number of carbonyl (C=O) groups is 1. The highest BCUT2D eigenvalue weighted by Gasteiger charge is 2.45. The first-order valence-corrected chi connectivity index (χ1v) is 10.7. The molecule has 0 unspecified atom stereocenters. The van der Waals surface area contributed by atoms with Gasteiger partial charge in [-0.2, -0.15) is 0 Å². The lowest BCUT2D eigenvalue weighted by Gasteiger charge is -2.55. The van der Waals surface area contributed by atoms with E-state index in [0.29, 0.717) is 23.9 Å². The number of hydrogen-bond donors (Lipinski definition) is 0. The van der Waals surface area contributed by atoms with Crippen LogP contribution in [0.25, 0.3) is 0 Å². The molecule has 4 atom stereocenters. The summed E-state index contributed by atoms with van der Waals surface area (Å²) in [5.41, 5.74) is 3.22. The third-order valence-corrected chi connectivity index (χ3v) is 7.26. The Balaban J connectivity index is 1.37. The molecule has 4 heterocycles. The summed E-state index contributed by atoms with van der Waals surface area (Å²) in [4.78, 5) is 22.6. The van der Waals surface area contributed by atoms with Crippen molar-refractivity contribution in [3.05, 3.63) is 52.5 Å². The summed E-state index contributed by atoms with van der Waals surface area (Å²) in [5.74, 6) is 1.41. The molecular weight excluding hydrogens is 342 g/mol. The van der Waals surface area contributed by atoms with Gasteiger partial charge in [0.05, 0.1) is 11.7 Å². The molecule has 4 nitrogen and oxygen atoms in total. The van der Waals surface area contributed by atoms with Crippen LogP contribution in [-0.2, 0) is 0 Å². The summed E-state index contributed by atoms with van der Waals surface area (Å²) >= 11 is 1.46. The first kappa shape index (κ1) is 16.5. The lowest BCUT2D eigenvalue weighted by molar-refractivity contribution is -0.0510. The Kier molecular flexibility index (Phi) is 4.29. The largest absolute Gasteiger partial charge is 0.337 e. The van der Waals surface area contributed by atoms with Gasteiger partial charge in [-0.3, -0.25) is 14.7 Å². The van der Waals surface area contributed by atoms with Gasteiger partial charge in [0, 0.05) is 31.7 Å². The van der Waals surface area contributed by atoms with E-state index >= 15 is 0 Å². The van der Waals surface area contributed by atoms with Crippen molar-refractivity contribution in [3.8, 4) is 0 Å². The number of piperidine rings is 3. The van der Waals surface area contributed by atoms with Gasteiger partial charge in [-0.25, -0.2) is 0 Å². The Morgan fingerprint density at radius 3 is 2.81 bits per heavy atom. The van der Waals surface area contributed by atoms with Crippen LogP contribution in [0.15, 0.2) is 42.0 Å². The Hall–Kier alpha value is -1.72. The summed E-state index contributed by atoms with van der Waals surface area (Å²) in [5, 5.41) is 0. The molecule has 2 aromatic rings. The minimum Gasteiger partial charge on any atom is -0.337 e. The van der Waals surface area contributed by atoms with Crippen LogP contribution in [0.5, 0.6) is 0 Å². The van der Waals surface area contributed by atoms with E-state index in [0.717, 1.165) is 24.5 Å². The Morgan fingerprint density at radius 1 is 1.12 bits per heavy atom. The maximum atomic E-state index is 12.8. The van der Waals surface area contributed by atoms with Gasteiger partial charge in [0.15, 0.2) is 0 Å². The molecule has 26 heavy (non-hydrogen) atoms. The number of hydrogen-bond acceptors (Lipinski definition) is 4. The average Bonchev–Trinajstić information content (AvgIpc) is 3.22. The van der Waals surface area contributed by atoms with E-state index in [9.17, 15) is 4.79 Å². The molecule has 0 spiro atoms. The third kappa shape index (κ3) is 2.87. The van der Waals surface area contributed by atoms with Crippen LogP contribution in [-0.4, -0.2) is 46.4 Å². The molecule has 0 saturated carbocycles. The van der Waals surface area contributed by atoms with Crippen molar-refractivity contribution in [2.45, 2.75) is 37.8 Å². The van der Waals surface area contributed by atoms with Crippen molar-refractivity contribution in [2.75, 3.05) is 19.6 Å². The van der Waals surface area contributed by atoms with Crippen LogP contribution in [0.2, 0.25) is 0 Å². The number of thiazole rings is 1. The number of benzene rings is 1. The van der Waals surface area contributed by atoms with Gasteiger partial charge >= 0.3 is 0 Å². The number of likely N-dealkylation sites (tertiary alicyclic amines) is 1. The Bertz CT molecular complexity index is 763. The zero-order chi connectivity index (χ0) is 17.5. The summed E-state index contributed by atoms with van der Waals surface area (Å²) in [7, 11) is 0. The molecule has 5 heteroatoms. The van der Waals surface area contributed by atoms with Gasteiger partial charge in [-0.05, 0) is 43.1 Å². The fourth-order valence-electron chi connectivity index (χ4n) is 5.48. The van der Waals surface area contributed by atoms with Crippen molar-refractivity contribution < 1.29 is 4.79 Å². The van der Waals surface area contributed by atoms with Gasteiger partial charge in [-0.15, -0.1) is 11.3 Å². The fraction of sp³-hybridized carbons (Fsp3) is 0.524. The van der Waals surface area contributed by atoms with Gasteiger partial charge in [0.25, 0.3) is 5.91 Å². The van der Waals surface area contributed by atoms with Crippen LogP contribution < -0.4 is 0 Å². The predicted octanol–water partition coefficient (Wildman–Crippen LogP) is 3.83. The second-order valence-electron chi connectivity index (χ2n) is 8.06. The smallest absolute Gasteiger partial charge is 0.265 e. The molecule has 0 N–H and O–H groups in total. The van der Waals surface area contributed by atoms with E-state index in [2.05, 4.69) is 45.1 Å². The number of nitrogens with zero attached hydrogens (tertiary/aromatic N) is 3. The average molecular weight is 368 g/mol. The number of aromatic nitrogens is 1. The number of fused-ring (bicyclic) bond motifs is 4. The first-order valence-electron chi connectivity index (χ1n) is 9.78. The van der Waals surface area contributed by atoms with Crippen molar-refractivity contribution in [2.24, 2.45) is 11.8 Å². The van der Waals surface area contributed by atoms with Gasteiger partial charge in [0.1, 0.15) is 4.88 Å². The Labute approximate surface area is 158 Å². The molecule has 0 aliphatic carbocycles. The molecule has 1 amide bonds. The SMILES string of the molecule is O=C(c1cncs1)N1C[C@@H]2C[C@H](C1)[C@@H]1CCC[C@H](c3ccccc3)N1C2. The zero-order valence-corrected chi connectivity index (χ0v) is 15.8. The van der Waals surface area contributed by atoms with Crippen LogP contribution >= 0.6 is 11.3 Å². The van der Waals surface area contributed by atoms with Gasteiger partial charge in [0.2, 0.25) is 0 Å². The minimum atomic E-state index is 0.186. The Morgan fingerprint density at radius 2 is 2.00 bits per heavy atom. The highest BCUT2D eigenvalue weighted by atomic mass is 32.1. The van der Waals surface area contributed by atoms with Crippen LogP contribution in [0.3, 0.4) is 0 Å². The van der Waals surface area contributed by atoms with Crippen LogP contribution in [0, 0.1) is 11.8 Å². The van der Waals surface area contributed by atoms with E-state index in [4.69, 9.17) is 0 Å². The quantitative estimate of drug-likeness (QED) is 0.809. The summed E-state index contributed by atoms with van der Waals surface area (Å²) < 4.78 is 0. The second-order valence-corrected chi connectivity index (χ2v) is 8.95. The molecule has 5 rings (SSSR count). The van der Waals surface area contributed by atoms with Crippen molar-refractivity contribution in [1.29, 1.82) is 0 Å². The van der Waals surface area contributed by atoms with Crippen molar-refractivity contribution in [1.82, 2.24) is 14.8 Å². The monoisotopic (exact) mass is 367 g/mol. The second kappa shape index (κ2) is 6.78. The molecule has 3 fully saturated rings. The van der Waals surface area contributed by atoms with E-state index in [1.54, 1.807) is 11.7 Å². The molecule has 2 bridgehead atoms. The minimum absolute atomic E-state index is 0.186. The lowest BCUT2D eigenvalue weighted by atomic mass is 9.74. The molecule has 1 aromatic heterocycles. The number of rotatable bonds is 2. The fourth-order valence-corrected chi connectivity index (χ4v) is 6.07. The summed E-state index contributed by atoms with van der Waals surface area (Å²) in [6, 6.07) is 12.2. The topological polar surface area (TPSA) is 36.4 Å². The highest BCUT2D eigenvalue weighted by Crippen LogP contribution is 2.44. The maximum absolute atomic E-state index is 12.8. The highest BCUT2D eigenvalue weighted by molar-refractivity contribution is 7.11. The number of carbonyl (C=O) groups excluding carboxylic acids is 1. The predicted molar refractivity (Wildman–Crippen MR) is 103 cm³/mol. The molecular formula is C21H25N3OS. The maximum Gasteiger partial charge on any atom is 0.265 e. The van der Waals surface area contributed by atoms with E-state index in [-0.39, 0.29) is 5.91 Å². The molecule has 3 aliphatic heterocycles. The summed E-state index contributed by atoms with van der Waals surface area (Å²) in [6.07, 6.45) is 6.85. The van der Waals surface area contributed by atoms with E-state index in [1.165, 1.54) is 42.6 Å². The normalized spacial score (nSPS) is 31.5.